The number of benzene rings is 6. The monoisotopic (exact) mass is 672 g/mol. The van der Waals surface area contributed by atoms with Gasteiger partial charge in [0.05, 0.1) is 17.6 Å². The molecule has 0 bridgehead atoms. The van der Waals surface area contributed by atoms with Crippen LogP contribution in [0.25, 0.3) is 60.9 Å². The van der Waals surface area contributed by atoms with Gasteiger partial charge in [0, 0.05) is 44.2 Å². The quantitative estimate of drug-likeness (QED) is 0.161. The normalized spacial score (nSPS) is 11.8. The number of pyridine rings is 1. The highest BCUT2D eigenvalue weighted by Gasteiger charge is 2.19. The van der Waals surface area contributed by atoms with Gasteiger partial charge < -0.3 is 13.7 Å². The first-order valence-corrected chi connectivity index (χ1v) is 17.8. The molecule has 0 aliphatic rings. The fourth-order valence-corrected chi connectivity index (χ4v) is 7.34. The molecule has 3 aromatic heterocycles. The summed E-state index contributed by atoms with van der Waals surface area (Å²) < 4.78 is 12.5. The number of fused-ring (bicyclic) bond motifs is 4. The molecule has 3 heterocycles. The summed E-state index contributed by atoms with van der Waals surface area (Å²) in [4.78, 5) is 7.26. The van der Waals surface area contributed by atoms with Crippen molar-refractivity contribution in [1.82, 2.24) is 4.98 Å². The summed E-state index contributed by atoms with van der Waals surface area (Å²) in [6, 6.07) is 55.0. The zero-order chi connectivity index (χ0) is 35.0. The zero-order valence-electron chi connectivity index (χ0n) is 29.1. The van der Waals surface area contributed by atoms with Gasteiger partial charge in [-0.2, -0.15) is 0 Å². The largest absolute Gasteiger partial charge is 0.456 e. The van der Waals surface area contributed by atoms with Gasteiger partial charge in [0.1, 0.15) is 22.5 Å². The van der Waals surface area contributed by atoms with Crippen molar-refractivity contribution in [2.75, 3.05) is 4.90 Å². The van der Waals surface area contributed by atoms with Crippen LogP contribution in [0.5, 0.6) is 0 Å². The number of aryl methyl sites for hydroxylation is 1. The molecule has 0 N–H and O–H groups in total. The number of nitrogens with zero attached hydrogens (tertiary/aromatic N) is 2. The lowest BCUT2D eigenvalue weighted by molar-refractivity contribution is 0.595. The molecule has 4 nitrogen and oxygen atoms in total. The lowest BCUT2D eigenvalue weighted by Gasteiger charge is -2.26. The molecule has 9 aromatic rings. The molecule has 0 saturated carbocycles. The molecule has 4 heteroatoms. The second-order valence-electron chi connectivity index (χ2n) is 13.0. The van der Waals surface area contributed by atoms with Crippen molar-refractivity contribution < 1.29 is 8.83 Å². The highest BCUT2D eigenvalue weighted by Crippen LogP contribution is 2.39. The average Bonchev–Trinajstić information content (AvgIpc) is 3.77. The molecule has 0 aliphatic carbocycles. The van der Waals surface area contributed by atoms with E-state index in [2.05, 4.69) is 140 Å². The summed E-state index contributed by atoms with van der Waals surface area (Å²) in [5.41, 5.74) is 13.5. The predicted molar refractivity (Wildman–Crippen MR) is 215 cm³/mol. The summed E-state index contributed by atoms with van der Waals surface area (Å²) in [6.45, 7) is 4.27. The Morgan fingerprint density at radius 3 is 1.85 bits per heavy atom. The minimum absolute atomic E-state index is 0.877. The van der Waals surface area contributed by atoms with E-state index in [0.29, 0.717) is 0 Å². The maximum atomic E-state index is 6.46. The van der Waals surface area contributed by atoms with Gasteiger partial charge in [-0.25, -0.2) is 0 Å². The summed E-state index contributed by atoms with van der Waals surface area (Å²) in [5.74, 6) is 0.939. The van der Waals surface area contributed by atoms with E-state index in [1.165, 1.54) is 22.1 Å². The van der Waals surface area contributed by atoms with Crippen molar-refractivity contribution in [3.05, 3.63) is 187 Å². The fraction of sp³-hybridized carbons (Fsp3) is 0.0625. The van der Waals surface area contributed by atoms with Crippen LogP contribution in [0, 0.1) is 0 Å². The van der Waals surface area contributed by atoms with Crippen LogP contribution in [0.15, 0.2) is 179 Å². The molecule has 0 fully saturated rings. The zero-order valence-corrected chi connectivity index (χ0v) is 29.1. The molecule has 0 amide bonds. The minimum Gasteiger partial charge on any atom is -0.456 e. The number of hydrogen-bond acceptors (Lipinski definition) is 4. The standard InChI is InChI=1S/C48H36N2O2/c1-3-39(48-40(4-2)41-14-8-11-17-46(41)52-48)34-20-25-37(26-21-34)50(36-23-18-33(19-24-36)32-12-6-5-7-13-32)38-27-28-44(49-31-38)35-22-29-47-43(30-35)42-15-9-10-16-45(42)51-47/h3,5-31H,4H2,1-2H3/b39-3-. The van der Waals surface area contributed by atoms with Crippen LogP contribution < -0.4 is 4.90 Å². The third kappa shape index (κ3) is 5.55. The van der Waals surface area contributed by atoms with Gasteiger partial charge in [0.25, 0.3) is 0 Å². The first-order chi connectivity index (χ1) is 25.7. The molecule has 0 spiro atoms. The maximum Gasteiger partial charge on any atom is 0.138 e. The molecule has 0 radical (unpaired) electrons. The van der Waals surface area contributed by atoms with Gasteiger partial charge in [-0.15, -0.1) is 0 Å². The van der Waals surface area contributed by atoms with Crippen molar-refractivity contribution in [2.24, 2.45) is 0 Å². The van der Waals surface area contributed by atoms with Gasteiger partial charge in [0.2, 0.25) is 0 Å². The first kappa shape index (κ1) is 31.3. The smallest absolute Gasteiger partial charge is 0.138 e. The number of aromatic nitrogens is 1. The lowest BCUT2D eigenvalue weighted by atomic mass is 9.97. The Hall–Kier alpha value is -6.65. The van der Waals surface area contributed by atoms with Crippen molar-refractivity contribution in [3.63, 3.8) is 0 Å². The molecule has 52 heavy (non-hydrogen) atoms. The Balaban J connectivity index is 1.09. The van der Waals surface area contributed by atoms with Gasteiger partial charge in [-0.05, 0) is 96.8 Å². The molecular formula is C48H36N2O2. The van der Waals surface area contributed by atoms with Gasteiger partial charge >= 0.3 is 0 Å². The molecule has 250 valence electrons. The van der Waals surface area contributed by atoms with Crippen molar-refractivity contribution in [3.8, 4) is 22.4 Å². The lowest BCUT2D eigenvalue weighted by Crippen LogP contribution is -2.10. The fourth-order valence-electron chi connectivity index (χ4n) is 7.34. The number of hydrogen-bond donors (Lipinski definition) is 0. The van der Waals surface area contributed by atoms with E-state index in [0.717, 1.165) is 79.2 Å². The van der Waals surface area contributed by atoms with E-state index < -0.39 is 0 Å². The molecule has 0 saturated heterocycles. The van der Waals surface area contributed by atoms with Crippen LogP contribution in [-0.2, 0) is 6.42 Å². The predicted octanol–water partition coefficient (Wildman–Crippen LogP) is 13.5. The Morgan fingerprint density at radius 1 is 0.558 bits per heavy atom. The summed E-state index contributed by atoms with van der Waals surface area (Å²) in [5, 5.41) is 3.38. The van der Waals surface area contributed by atoms with E-state index in [-0.39, 0.29) is 0 Å². The van der Waals surface area contributed by atoms with Crippen LogP contribution in [0.4, 0.5) is 17.1 Å². The first-order valence-electron chi connectivity index (χ1n) is 17.8. The molecule has 6 aromatic carbocycles. The molecule has 0 atom stereocenters. The Kier molecular flexibility index (Phi) is 7.98. The Morgan fingerprint density at radius 2 is 1.15 bits per heavy atom. The summed E-state index contributed by atoms with van der Waals surface area (Å²) >= 11 is 0. The van der Waals surface area contributed by atoms with E-state index in [1.807, 2.05) is 48.7 Å². The van der Waals surface area contributed by atoms with Gasteiger partial charge in [-0.3, -0.25) is 4.98 Å². The van der Waals surface area contributed by atoms with E-state index in [9.17, 15) is 0 Å². The second kappa shape index (κ2) is 13.2. The second-order valence-corrected chi connectivity index (χ2v) is 13.0. The third-order valence-electron chi connectivity index (χ3n) is 9.93. The van der Waals surface area contributed by atoms with Crippen molar-refractivity contribution in [1.29, 1.82) is 0 Å². The van der Waals surface area contributed by atoms with Gasteiger partial charge in [-0.1, -0.05) is 104 Å². The van der Waals surface area contributed by atoms with Gasteiger partial charge in [0.15, 0.2) is 0 Å². The summed E-state index contributed by atoms with van der Waals surface area (Å²) in [7, 11) is 0. The number of rotatable bonds is 8. The number of anilines is 3. The van der Waals surface area contributed by atoms with Crippen LogP contribution >= 0.6 is 0 Å². The topological polar surface area (TPSA) is 42.4 Å². The SMILES string of the molecule is C/C=C(/c1ccc(N(c2ccc(-c3ccccc3)cc2)c2ccc(-c3ccc4oc5ccccc5c4c3)nc2)cc1)c1oc2ccccc2c1CC. The highest BCUT2D eigenvalue weighted by atomic mass is 16.3. The Labute approximate surface area is 302 Å². The van der Waals surface area contributed by atoms with E-state index >= 15 is 0 Å². The molecule has 0 aliphatic heterocycles. The number of furan rings is 2. The summed E-state index contributed by atoms with van der Waals surface area (Å²) in [6.07, 6.45) is 5.01. The molecule has 0 unspecified atom stereocenters. The van der Waals surface area contributed by atoms with E-state index in [4.69, 9.17) is 13.8 Å². The van der Waals surface area contributed by atoms with E-state index in [1.54, 1.807) is 0 Å². The van der Waals surface area contributed by atoms with Crippen molar-refractivity contribution in [2.45, 2.75) is 20.3 Å². The Bertz CT molecular complexity index is 2700. The minimum atomic E-state index is 0.877. The van der Waals surface area contributed by atoms with Crippen LogP contribution in [0.3, 0.4) is 0 Å². The maximum absolute atomic E-state index is 6.46. The highest BCUT2D eigenvalue weighted by molar-refractivity contribution is 6.06. The van der Waals surface area contributed by atoms with Crippen LogP contribution in [0.1, 0.15) is 30.7 Å². The van der Waals surface area contributed by atoms with Crippen LogP contribution in [0.2, 0.25) is 0 Å². The molecular weight excluding hydrogens is 637 g/mol. The van der Waals surface area contributed by atoms with Crippen molar-refractivity contribution >= 4 is 55.5 Å². The number of allylic oxidation sites excluding steroid dienone is 1. The molecule has 9 rings (SSSR count). The average molecular weight is 673 g/mol. The number of para-hydroxylation sites is 2. The van der Waals surface area contributed by atoms with Crippen LogP contribution in [-0.4, -0.2) is 4.98 Å². The third-order valence-corrected chi connectivity index (χ3v) is 9.93.